The van der Waals surface area contributed by atoms with Crippen LogP contribution in [0.5, 0.6) is 0 Å². The van der Waals surface area contributed by atoms with E-state index in [1.807, 2.05) is 6.08 Å². The smallest absolute Gasteiger partial charge is 0.244 e. The molecule has 0 fully saturated rings. The van der Waals surface area contributed by atoms with E-state index in [0.717, 1.165) is 55.6 Å². The second-order valence-electron chi connectivity index (χ2n) is 3.49. The van der Waals surface area contributed by atoms with Crippen LogP contribution in [-0.4, -0.2) is 17.4 Å². The van der Waals surface area contributed by atoms with Gasteiger partial charge in [-0.3, -0.25) is 4.79 Å². The summed E-state index contributed by atoms with van der Waals surface area (Å²) in [6, 6.07) is 0. The summed E-state index contributed by atoms with van der Waals surface area (Å²) in [5.41, 5.74) is 6.07. The van der Waals surface area contributed by atoms with Crippen LogP contribution in [0.4, 0.5) is 0 Å². The van der Waals surface area contributed by atoms with Gasteiger partial charge in [-0.2, -0.15) is 25.3 Å². The van der Waals surface area contributed by atoms with Crippen molar-refractivity contribution < 1.29 is 4.79 Å². The Balaban J connectivity index is 3.85. The summed E-state index contributed by atoms with van der Waals surface area (Å²) >= 11 is 8.26. The normalized spacial score (nSPS) is 11.7. The van der Waals surface area contributed by atoms with E-state index < -0.39 is 0 Å². The summed E-state index contributed by atoms with van der Waals surface area (Å²) < 4.78 is 0. The second-order valence-corrected chi connectivity index (χ2v) is 4.39. The first-order chi connectivity index (χ1) is 7.22. The standard InChI is InChI=1S/C11H21NOS2/c12-11(13)10(7-3-5-9-15)6-2-1-4-8-14/h6,14-15H,1-5,7-9H2,(H2,12,13)/b10-6+. The predicted octanol–water partition coefficient (Wildman–Crippen LogP) is 2.60. The van der Waals surface area contributed by atoms with Gasteiger partial charge in [-0.15, -0.1) is 0 Å². The van der Waals surface area contributed by atoms with E-state index in [2.05, 4.69) is 25.3 Å². The molecule has 0 spiro atoms. The summed E-state index contributed by atoms with van der Waals surface area (Å²) in [5, 5.41) is 0. The van der Waals surface area contributed by atoms with Crippen LogP contribution < -0.4 is 5.73 Å². The Hall–Kier alpha value is -0.0900. The summed E-state index contributed by atoms with van der Waals surface area (Å²) in [6.07, 6.45) is 7.88. The maximum Gasteiger partial charge on any atom is 0.244 e. The van der Waals surface area contributed by atoms with Gasteiger partial charge in [0, 0.05) is 5.57 Å². The molecule has 2 N–H and O–H groups in total. The number of hydrogen-bond acceptors (Lipinski definition) is 3. The molecule has 0 aliphatic rings. The Morgan fingerprint density at radius 3 is 2.20 bits per heavy atom. The number of carbonyl (C=O) groups excluding carboxylic acids is 1. The summed E-state index contributed by atoms with van der Waals surface area (Å²) in [7, 11) is 0. The maximum absolute atomic E-state index is 11.1. The zero-order valence-corrected chi connectivity index (χ0v) is 10.9. The van der Waals surface area contributed by atoms with Crippen LogP contribution >= 0.6 is 25.3 Å². The molecule has 4 heteroatoms. The Bertz CT molecular complexity index is 205. The van der Waals surface area contributed by atoms with E-state index >= 15 is 0 Å². The van der Waals surface area contributed by atoms with Gasteiger partial charge < -0.3 is 5.73 Å². The SMILES string of the molecule is NC(=O)/C(=C/CCCCS)CCCCS. The first kappa shape index (κ1) is 14.9. The lowest BCUT2D eigenvalue weighted by Gasteiger charge is -2.02. The fraction of sp³-hybridized carbons (Fsp3) is 0.727. The van der Waals surface area contributed by atoms with Crippen molar-refractivity contribution in [1.29, 1.82) is 0 Å². The molecule has 0 unspecified atom stereocenters. The third kappa shape index (κ3) is 8.88. The Labute approximate surface area is 104 Å². The number of nitrogens with two attached hydrogens (primary N) is 1. The van der Waals surface area contributed by atoms with Crippen LogP contribution in [0, 0.1) is 0 Å². The highest BCUT2D eigenvalue weighted by molar-refractivity contribution is 7.80. The number of rotatable bonds is 9. The average Bonchev–Trinajstić information content (AvgIpc) is 2.21. The summed E-state index contributed by atoms with van der Waals surface area (Å²) in [5.74, 6) is 1.49. The first-order valence-corrected chi connectivity index (χ1v) is 6.69. The maximum atomic E-state index is 11.1. The quantitative estimate of drug-likeness (QED) is 0.327. The minimum atomic E-state index is -0.278. The number of thiol groups is 2. The molecule has 0 saturated heterocycles. The van der Waals surface area contributed by atoms with Gasteiger partial charge in [0.15, 0.2) is 0 Å². The third-order valence-corrected chi connectivity index (χ3v) is 2.81. The van der Waals surface area contributed by atoms with E-state index in [9.17, 15) is 4.79 Å². The average molecular weight is 247 g/mol. The zero-order chi connectivity index (χ0) is 11.5. The lowest BCUT2D eigenvalue weighted by Crippen LogP contribution is -2.14. The van der Waals surface area contributed by atoms with E-state index in [4.69, 9.17) is 5.73 Å². The monoisotopic (exact) mass is 247 g/mol. The van der Waals surface area contributed by atoms with Gasteiger partial charge in [-0.05, 0) is 50.0 Å². The fourth-order valence-corrected chi connectivity index (χ4v) is 1.73. The molecule has 1 amide bonds. The molecule has 0 heterocycles. The van der Waals surface area contributed by atoms with Crippen molar-refractivity contribution in [2.24, 2.45) is 5.73 Å². The highest BCUT2D eigenvalue weighted by atomic mass is 32.1. The summed E-state index contributed by atoms with van der Waals surface area (Å²) in [6.45, 7) is 0. The van der Waals surface area contributed by atoms with Crippen LogP contribution in [0.25, 0.3) is 0 Å². The van der Waals surface area contributed by atoms with Crippen LogP contribution in [-0.2, 0) is 4.79 Å². The molecule has 15 heavy (non-hydrogen) atoms. The van der Waals surface area contributed by atoms with E-state index in [1.165, 1.54) is 0 Å². The fourth-order valence-electron chi connectivity index (χ4n) is 1.29. The highest BCUT2D eigenvalue weighted by Crippen LogP contribution is 2.10. The largest absolute Gasteiger partial charge is 0.366 e. The van der Waals surface area contributed by atoms with Crippen LogP contribution in [0.15, 0.2) is 11.6 Å². The Morgan fingerprint density at radius 1 is 1.07 bits per heavy atom. The van der Waals surface area contributed by atoms with Crippen LogP contribution in [0.2, 0.25) is 0 Å². The van der Waals surface area contributed by atoms with Gasteiger partial charge >= 0.3 is 0 Å². The zero-order valence-electron chi connectivity index (χ0n) is 9.11. The molecule has 0 rings (SSSR count). The second kappa shape index (κ2) is 10.4. The van der Waals surface area contributed by atoms with Gasteiger partial charge in [0.1, 0.15) is 0 Å². The Kier molecular flexibility index (Phi) is 10.4. The van der Waals surface area contributed by atoms with Crippen LogP contribution in [0.3, 0.4) is 0 Å². The molecule has 0 aromatic carbocycles. The number of allylic oxidation sites excluding steroid dienone is 1. The van der Waals surface area contributed by atoms with Crippen molar-refractivity contribution in [2.75, 3.05) is 11.5 Å². The van der Waals surface area contributed by atoms with Gasteiger partial charge in [-0.25, -0.2) is 0 Å². The number of unbranched alkanes of at least 4 members (excludes halogenated alkanes) is 3. The number of hydrogen-bond donors (Lipinski definition) is 3. The molecular weight excluding hydrogens is 226 g/mol. The molecule has 0 aromatic heterocycles. The van der Waals surface area contributed by atoms with Crippen molar-refractivity contribution in [1.82, 2.24) is 0 Å². The number of carbonyl (C=O) groups is 1. The number of amides is 1. The Morgan fingerprint density at radius 2 is 1.67 bits per heavy atom. The first-order valence-electron chi connectivity index (χ1n) is 5.43. The van der Waals surface area contributed by atoms with Crippen molar-refractivity contribution in [3.8, 4) is 0 Å². The lowest BCUT2D eigenvalue weighted by atomic mass is 10.1. The molecule has 88 valence electrons. The molecule has 0 atom stereocenters. The van der Waals surface area contributed by atoms with Gasteiger partial charge in [0.05, 0.1) is 0 Å². The van der Waals surface area contributed by atoms with E-state index in [1.54, 1.807) is 0 Å². The van der Waals surface area contributed by atoms with Gasteiger partial charge in [0.2, 0.25) is 5.91 Å². The van der Waals surface area contributed by atoms with Crippen molar-refractivity contribution >= 4 is 31.2 Å². The van der Waals surface area contributed by atoms with E-state index in [0.29, 0.717) is 0 Å². The predicted molar refractivity (Wildman–Crippen MR) is 72.7 cm³/mol. The molecule has 0 aliphatic carbocycles. The molecule has 2 nitrogen and oxygen atoms in total. The van der Waals surface area contributed by atoms with Crippen molar-refractivity contribution in [3.05, 3.63) is 11.6 Å². The molecule has 0 aliphatic heterocycles. The summed E-state index contributed by atoms with van der Waals surface area (Å²) in [4.78, 5) is 11.1. The van der Waals surface area contributed by atoms with Gasteiger partial charge in [0.25, 0.3) is 0 Å². The van der Waals surface area contributed by atoms with E-state index in [-0.39, 0.29) is 5.91 Å². The van der Waals surface area contributed by atoms with Crippen molar-refractivity contribution in [2.45, 2.75) is 38.5 Å². The topological polar surface area (TPSA) is 43.1 Å². The number of primary amides is 1. The minimum absolute atomic E-state index is 0.278. The highest BCUT2D eigenvalue weighted by Gasteiger charge is 2.03. The van der Waals surface area contributed by atoms with Gasteiger partial charge in [-0.1, -0.05) is 6.08 Å². The molecule has 0 saturated carbocycles. The molecular formula is C11H21NOS2. The molecule has 0 aromatic rings. The molecule has 0 radical (unpaired) electrons. The third-order valence-electron chi connectivity index (χ3n) is 2.17. The lowest BCUT2D eigenvalue weighted by molar-refractivity contribution is -0.114. The molecule has 0 bridgehead atoms. The minimum Gasteiger partial charge on any atom is -0.366 e. The van der Waals surface area contributed by atoms with Crippen LogP contribution in [0.1, 0.15) is 38.5 Å². The van der Waals surface area contributed by atoms with Crippen molar-refractivity contribution in [3.63, 3.8) is 0 Å².